The molecule has 1 aliphatic heterocycles. The third kappa shape index (κ3) is 1.90. The highest BCUT2D eigenvalue weighted by Gasteiger charge is 2.23. The van der Waals surface area contributed by atoms with Crippen LogP contribution in [0.4, 0.5) is 5.82 Å². The lowest BCUT2D eigenvalue weighted by atomic mass is 10.1. The highest BCUT2D eigenvalue weighted by molar-refractivity contribution is 6.13. The van der Waals surface area contributed by atoms with E-state index in [0.717, 1.165) is 47.3 Å². The van der Waals surface area contributed by atoms with Crippen LogP contribution in [0.1, 0.15) is 16.8 Å². The maximum absolute atomic E-state index is 11.4. The first-order chi connectivity index (χ1) is 10.6. The average Bonchev–Trinajstić information content (AvgIpc) is 3.09. The van der Waals surface area contributed by atoms with Crippen LogP contribution >= 0.6 is 0 Å². The number of amides is 1. The van der Waals surface area contributed by atoms with E-state index in [4.69, 9.17) is 11.5 Å². The first-order valence-electron chi connectivity index (χ1n) is 7.20. The van der Waals surface area contributed by atoms with E-state index in [1.165, 1.54) is 0 Å². The summed E-state index contributed by atoms with van der Waals surface area (Å²) in [6, 6.07) is 5.51. The SMILES string of the molecule is NC(=O)c1ccc2[nH]c3ncnc(N4CCC(N)C4)c3c2c1. The van der Waals surface area contributed by atoms with Crippen molar-refractivity contribution in [3.63, 3.8) is 0 Å². The van der Waals surface area contributed by atoms with E-state index in [2.05, 4.69) is 19.9 Å². The largest absolute Gasteiger partial charge is 0.366 e. The van der Waals surface area contributed by atoms with Crippen LogP contribution in [-0.2, 0) is 0 Å². The number of H-pyrrole nitrogens is 1. The summed E-state index contributed by atoms with van der Waals surface area (Å²) in [4.78, 5) is 25.6. The number of benzene rings is 1. The van der Waals surface area contributed by atoms with Gasteiger partial charge in [-0.2, -0.15) is 0 Å². The Bertz CT molecular complexity index is 886. The second-order valence-corrected chi connectivity index (χ2v) is 5.67. The van der Waals surface area contributed by atoms with E-state index in [0.29, 0.717) is 5.56 Å². The lowest BCUT2D eigenvalue weighted by molar-refractivity contribution is 0.100. The fourth-order valence-corrected chi connectivity index (χ4v) is 3.08. The molecule has 7 heteroatoms. The standard InChI is InChI=1S/C15H16N6O/c16-9-3-4-21(6-9)15-12-10-5-8(13(17)22)1-2-11(10)20-14(12)18-7-19-15/h1-2,5,7,9H,3-4,6,16H2,(H2,17,22)(H,18,19,20). The number of carbonyl (C=O) groups is 1. The molecule has 5 N–H and O–H groups in total. The third-order valence-corrected chi connectivity index (χ3v) is 4.18. The number of nitrogens with one attached hydrogen (secondary N) is 1. The molecule has 3 heterocycles. The Morgan fingerprint density at radius 1 is 1.36 bits per heavy atom. The van der Waals surface area contributed by atoms with Crippen molar-refractivity contribution in [1.29, 1.82) is 0 Å². The van der Waals surface area contributed by atoms with Crippen molar-refractivity contribution in [3.05, 3.63) is 30.1 Å². The van der Waals surface area contributed by atoms with Gasteiger partial charge in [0.05, 0.1) is 5.39 Å². The molecule has 0 aliphatic carbocycles. The Morgan fingerprint density at radius 2 is 2.23 bits per heavy atom. The second kappa shape index (κ2) is 4.67. The number of hydrogen-bond donors (Lipinski definition) is 3. The number of rotatable bonds is 2. The molecule has 1 unspecified atom stereocenters. The Balaban J connectivity index is 1.98. The van der Waals surface area contributed by atoms with Crippen LogP contribution in [0.15, 0.2) is 24.5 Å². The van der Waals surface area contributed by atoms with Crippen molar-refractivity contribution < 1.29 is 4.79 Å². The van der Waals surface area contributed by atoms with Gasteiger partial charge in [0.25, 0.3) is 0 Å². The Hall–Kier alpha value is -2.67. The summed E-state index contributed by atoms with van der Waals surface area (Å²) in [5.41, 5.74) is 13.5. The smallest absolute Gasteiger partial charge is 0.248 e. The van der Waals surface area contributed by atoms with E-state index in [1.54, 1.807) is 18.5 Å². The maximum Gasteiger partial charge on any atom is 0.248 e. The van der Waals surface area contributed by atoms with Crippen molar-refractivity contribution in [3.8, 4) is 0 Å². The first kappa shape index (κ1) is 13.0. The Labute approximate surface area is 126 Å². The zero-order chi connectivity index (χ0) is 15.3. The van der Waals surface area contributed by atoms with Gasteiger partial charge in [0.2, 0.25) is 5.91 Å². The number of aromatic nitrogens is 3. The first-order valence-corrected chi connectivity index (χ1v) is 7.20. The minimum Gasteiger partial charge on any atom is -0.366 e. The van der Waals surface area contributed by atoms with E-state index in [9.17, 15) is 4.79 Å². The summed E-state index contributed by atoms with van der Waals surface area (Å²) < 4.78 is 0. The molecule has 0 spiro atoms. The monoisotopic (exact) mass is 296 g/mol. The fraction of sp³-hybridized carbons (Fsp3) is 0.267. The van der Waals surface area contributed by atoms with Crippen LogP contribution in [0, 0.1) is 0 Å². The highest BCUT2D eigenvalue weighted by Crippen LogP contribution is 2.32. The molecule has 1 fully saturated rings. The van der Waals surface area contributed by atoms with Crippen molar-refractivity contribution >= 4 is 33.7 Å². The van der Waals surface area contributed by atoms with Gasteiger partial charge in [-0.15, -0.1) is 0 Å². The zero-order valence-corrected chi connectivity index (χ0v) is 11.9. The van der Waals surface area contributed by atoms with Crippen LogP contribution < -0.4 is 16.4 Å². The molecule has 2 aromatic heterocycles. The van der Waals surface area contributed by atoms with Gasteiger partial charge >= 0.3 is 0 Å². The summed E-state index contributed by atoms with van der Waals surface area (Å²) in [7, 11) is 0. The van der Waals surface area contributed by atoms with Crippen molar-refractivity contribution in [2.45, 2.75) is 12.5 Å². The van der Waals surface area contributed by atoms with Crippen molar-refractivity contribution in [2.75, 3.05) is 18.0 Å². The van der Waals surface area contributed by atoms with Crippen molar-refractivity contribution in [2.24, 2.45) is 11.5 Å². The molecule has 112 valence electrons. The average molecular weight is 296 g/mol. The Kier molecular flexibility index (Phi) is 2.77. The van der Waals surface area contributed by atoms with Crippen LogP contribution in [0.3, 0.4) is 0 Å². The minimum atomic E-state index is -0.446. The zero-order valence-electron chi connectivity index (χ0n) is 11.9. The van der Waals surface area contributed by atoms with E-state index in [1.807, 2.05) is 6.07 Å². The lowest BCUT2D eigenvalue weighted by Gasteiger charge is -2.17. The summed E-state index contributed by atoms with van der Waals surface area (Å²) in [5.74, 6) is 0.406. The number of primary amides is 1. The quantitative estimate of drug-likeness (QED) is 0.645. The number of hydrogen-bond acceptors (Lipinski definition) is 5. The van der Waals surface area contributed by atoms with Gasteiger partial charge < -0.3 is 21.4 Å². The number of nitrogens with two attached hydrogens (primary N) is 2. The molecular weight excluding hydrogens is 280 g/mol. The normalized spacial score (nSPS) is 18.4. The summed E-state index contributed by atoms with van der Waals surface area (Å²) in [5, 5.41) is 1.82. The molecule has 0 saturated carbocycles. The van der Waals surface area contributed by atoms with Gasteiger partial charge in [0, 0.05) is 35.6 Å². The van der Waals surface area contributed by atoms with E-state index < -0.39 is 5.91 Å². The molecule has 0 radical (unpaired) electrons. The summed E-state index contributed by atoms with van der Waals surface area (Å²) in [6.07, 6.45) is 2.49. The Morgan fingerprint density at radius 3 is 2.95 bits per heavy atom. The number of fused-ring (bicyclic) bond motifs is 3. The fourth-order valence-electron chi connectivity index (χ4n) is 3.08. The van der Waals surface area contributed by atoms with Crippen molar-refractivity contribution in [1.82, 2.24) is 15.0 Å². The topological polar surface area (TPSA) is 114 Å². The predicted octanol–water partition coefficient (Wildman–Crippen LogP) is 0.747. The molecular formula is C15H16N6O. The molecule has 1 amide bonds. The van der Waals surface area contributed by atoms with Crippen LogP contribution in [0.25, 0.3) is 21.9 Å². The summed E-state index contributed by atoms with van der Waals surface area (Å²) >= 11 is 0. The van der Waals surface area contributed by atoms with Crippen LogP contribution in [0.5, 0.6) is 0 Å². The molecule has 1 aromatic carbocycles. The third-order valence-electron chi connectivity index (χ3n) is 4.18. The highest BCUT2D eigenvalue weighted by atomic mass is 16.1. The number of aromatic amines is 1. The molecule has 3 aromatic rings. The minimum absolute atomic E-state index is 0.163. The van der Waals surface area contributed by atoms with Crippen LogP contribution in [-0.4, -0.2) is 40.0 Å². The molecule has 0 bridgehead atoms. The van der Waals surface area contributed by atoms with Gasteiger partial charge in [0.1, 0.15) is 17.8 Å². The molecule has 7 nitrogen and oxygen atoms in total. The number of anilines is 1. The maximum atomic E-state index is 11.4. The van der Waals surface area contributed by atoms with Gasteiger partial charge in [-0.1, -0.05) is 0 Å². The molecule has 1 aliphatic rings. The molecule has 22 heavy (non-hydrogen) atoms. The van der Waals surface area contributed by atoms with E-state index >= 15 is 0 Å². The predicted molar refractivity (Wildman–Crippen MR) is 84.7 cm³/mol. The number of nitrogens with zero attached hydrogens (tertiary/aromatic N) is 3. The van der Waals surface area contributed by atoms with Gasteiger partial charge in [-0.25, -0.2) is 9.97 Å². The lowest BCUT2D eigenvalue weighted by Crippen LogP contribution is -2.27. The van der Waals surface area contributed by atoms with E-state index in [-0.39, 0.29) is 6.04 Å². The summed E-state index contributed by atoms with van der Waals surface area (Å²) in [6.45, 7) is 1.64. The van der Waals surface area contributed by atoms with Crippen LogP contribution in [0.2, 0.25) is 0 Å². The van der Waals surface area contributed by atoms with Gasteiger partial charge in [-0.05, 0) is 24.6 Å². The molecule has 1 atom stereocenters. The molecule has 4 rings (SSSR count). The second-order valence-electron chi connectivity index (χ2n) is 5.67. The molecule has 1 saturated heterocycles. The van der Waals surface area contributed by atoms with Gasteiger partial charge in [-0.3, -0.25) is 4.79 Å². The number of carbonyl (C=O) groups excluding carboxylic acids is 1. The van der Waals surface area contributed by atoms with Gasteiger partial charge in [0.15, 0.2) is 0 Å².